The number of hydrogen-bond acceptors (Lipinski definition) is 4. The van der Waals surface area contributed by atoms with Gasteiger partial charge in [0.1, 0.15) is 0 Å². The Bertz CT molecular complexity index is 181. The molecule has 1 N–H and O–H groups in total. The van der Waals surface area contributed by atoms with Gasteiger partial charge in [0, 0.05) is 39.4 Å². The Morgan fingerprint density at radius 1 is 1.16 bits per heavy atom. The SMILES string of the molecule is CC(C)CN1CCOCC1.COCCCNC(C)C. The summed E-state index contributed by atoms with van der Waals surface area (Å²) in [6.07, 6.45) is 1.11. The van der Waals surface area contributed by atoms with Crippen molar-refractivity contribution in [3.8, 4) is 0 Å². The molecule has 4 heteroatoms. The molecule has 4 nitrogen and oxygen atoms in total. The Morgan fingerprint density at radius 3 is 2.26 bits per heavy atom. The van der Waals surface area contributed by atoms with Crippen molar-refractivity contribution in [1.29, 1.82) is 0 Å². The van der Waals surface area contributed by atoms with Gasteiger partial charge in [0.2, 0.25) is 0 Å². The summed E-state index contributed by atoms with van der Waals surface area (Å²) in [5, 5.41) is 3.30. The Hall–Kier alpha value is -0.160. The van der Waals surface area contributed by atoms with E-state index in [1.54, 1.807) is 7.11 Å². The zero-order valence-electron chi connectivity index (χ0n) is 13.6. The Labute approximate surface area is 119 Å². The molecular weight excluding hydrogens is 240 g/mol. The molecular formula is C15H34N2O2. The lowest BCUT2D eigenvalue weighted by molar-refractivity contribution is 0.0329. The fraction of sp³-hybridized carbons (Fsp3) is 1.00. The van der Waals surface area contributed by atoms with Gasteiger partial charge < -0.3 is 14.8 Å². The molecule has 116 valence electrons. The summed E-state index contributed by atoms with van der Waals surface area (Å²) < 4.78 is 10.1. The lowest BCUT2D eigenvalue weighted by atomic mass is 10.2. The summed E-state index contributed by atoms with van der Waals surface area (Å²) in [6, 6.07) is 0.599. The molecule has 0 saturated carbocycles. The quantitative estimate of drug-likeness (QED) is 0.720. The molecule has 0 radical (unpaired) electrons. The molecule has 0 spiro atoms. The van der Waals surface area contributed by atoms with Crippen LogP contribution in [0.5, 0.6) is 0 Å². The van der Waals surface area contributed by atoms with Crippen LogP contribution in [0.2, 0.25) is 0 Å². The largest absolute Gasteiger partial charge is 0.385 e. The molecule has 1 saturated heterocycles. The third-order valence-corrected chi connectivity index (χ3v) is 2.80. The standard InChI is InChI=1S/C8H17NO.C7H17NO/c1-8(2)7-9-3-5-10-6-4-9;1-7(2)8-5-4-6-9-3/h8H,3-7H2,1-2H3;7-8H,4-6H2,1-3H3. The van der Waals surface area contributed by atoms with Gasteiger partial charge in [-0.3, -0.25) is 4.90 Å². The first kappa shape index (κ1) is 18.8. The molecule has 0 atom stereocenters. The third-order valence-electron chi connectivity index (χ3n) is 2.80. The number of methoxy groups -OCH3 is 1. The first-order valence-electron chi connectivity index (χ1n) is 7.58. The predicted molar refractivity (Wildman–Crippen MR) is 81.7 cm³/mol. The van der Waals surface area contributed by atoms with Gasteiger partial charge in [0.25, 0.3) is 0 Å². The molecule has 1 rings (SSSR count). The van der Waals surface area contributed by atoms with Crippen LogP contribution >= 0.6 is 0 Å². The summed E-state index contributed by atoms with van der Waals surface area (Å²) in [5.41, 5.74) is 0. The van der Waals surface area contributed by atoms with Crippen molar-refractivity contribution in [2.45, 2.75) is 40.2 Å². The van der Waals surface area contributed by atoms with Crippen LogP contribution in [0, 0.1) is 5.92 Å². The van der Waals surface area contributed by atoms with E-state index >= 15 is 0 Å². The summed E-state index contributed by atoms with van der Waals surface area (Å²) in [6.45, 7) is 16.1. The molecule has 19 heavy (non-hydrogen) atoms. The minimum atomic E-state index is 0.599. The highest BCUT2D eigenvalue weighted by Crippen LogP contribution is 2.01. The van der Waals surface area contributed by atoms with E-state index in [2.05, 4.69) is 37.9 Å². The summed E-state index contributed by atoms with van der Waals surface area (Å²) in [5.74, 6) is 0.790. The van der Waals surface area contributed by atoms with Crippen molar-refractivity contribution in [2.75, 3.05) is 53.1 Å². The zero-order valence-corrected chi connectivity index (χ0v) is 13.6. The van der Waals surface area contributed by atoms with Crippen LogP contribution in [-0.2, 0) is 9.47 Å². The van der Waals surface area contributed by atoms with Gasteiger partial charge in [-0.1, -0.05) is 27.7 Å². The number of nitrogens with zero attached hydrogens (tertiary/aromatic N) is 1. The van der Waals surface area contributed by atoms with Gasteiger partial charge >= 0.3 is 0 Å². The fourth-order valence-electron chi connectivity index (χ4n) is 1.91. The highest BCUT2D eigenvalue weighted by atomic mass is 16.5. The Balaban J connectivity index is 0.000000344. The van der Waals surface area contributed by atoms with Crippen LogP contribution in [0.3, 0.4) is 0 Å². The summed E-state index contributed by atoms with van der Waals surface area (Å²) in [7, 11) is 1.73. The van der Waals surface area contributed by atoms with Gasteiger partial charge in [-0.15, -0.1) is 0 Å². The monoisotopic (exact) mass is 274 g/mol. The average molecular weight is 274 g/mol. The van der Waals surface area contributed by atoms with Crippen molar-refractivity contribution in [1.82, 2.24) is 10.2 Å². The van der Waals surface area contributed by atoms with Crippen LogP contribution in [0.15, 0.2) is 0 Å². The van der Waals surface area contributed by atoms with Crippen molar-refractivity contribution < 1.29 is 9.47 Å². The molecule has 0 bridgehead atoms. The van der Waals surface area contributed by atoms with Crippen LogP contribution in [0.25, 0.3) is 0 Å². The smallest absolute Gasteiger partial charge is 0.0594 e. The van der Waals surface area contributed by atoms with Gasteiger partial charge in [-0.25, -0.2) is 0 Å². The number of rotatable bonds is 7. The van der Waals surface area contributed by atoms with Gasteiger partial charge in [0.15, 0.2) is 0 Å². The summed E-state index contributed by atoms with van der Waals surface area (Å²) in [4.78, 5) is 2.47. The van der Waals surface area contributed by atoms with Crippen LogP contribution in [0.4, 0.5) is 0 Å². The minimum Gasteiger partial charge on any atom is -0.385 e. The van der Waals surface area contributed by atoms with Crippen LogP contribution in [-0.4, -0.2) is 64.1 Å². The summed E-state index contributed by atoms with van der Waals surface area (Å²) >= 11 is 0. The van der Waals surface area contributed by atoms with Crippen LogP contribution < -0.4 is 5.32 Å². The van der Waals surface area contributed by atoms with Crippen LogP contribution in [0.1, 0.15) is 34.1 Å². The van der Waals surface area contributed by atoms with E-state index < -0.39 is 0 Å². The number of nitrogens with one attached hydrogen (secondary N) is 1. The van der Waals surface area contributed by atoms with Crippen molar-refractivity contribution >= 4 is 0 Å². The highest BCUT2D eigenvalue weighted by molar-refractivity contribution is 4.62. The Morgan fingerprint density at radius 2 is 1.79 bits per heavy atom. The molecule has 0 amide bonds. The van der Waals surface area contributed by atoms with Crippen molar-refractivity contribution in [3.63, 3.8) is 0 Å². The average Bonchev–Trinajstić information content (AvgIpc) is 2.36. The highest BCUT2D eigenvalue weighted by Gasteiger charge is 2.10. The number of hydrogen-bond donors (Lipinski definition) is 1. The fourth-order valence-corrected chi connectivity index (χ4v) is 1.91. The molecule has 0 aliphatic carbocycles. The van der Waals surface area contributed by atoms with E-state index in [1.165, 1.54) is 6.54 Å². The first-order valence-corrected chi connectivity index (χ1v) is 7.58. The molecule has 0 unspecified atom stereocenters. The van der Waals surface area contributed by atoms with E-state index in [1.807, 2.05) is 0 Å². The predicted octanol–water partition coefficient (Wildman–Crippen LogP) is 2.00. The van der Waals surface area contributed by atoms with Crippen molar-refractivity contribution in [3.05, 3.63) is 0 Å². The second kappa shape index (κ2) is 12.9. The van der Waals surface area contributed by atoms with E-state index in [0.717, 1.165) is 51.8 Å². The molecule has 0 aromatic carbocycles. The van der Waals surface area contributed by atoms with Crippen molar-refractivity contribution in [2.24, 2.45) is 5.92 Å². The first-order chi connectivity index (χ1) is 9.06. The molecule has 0 aromatic heterocycles. The lowest BCUT2D eigenvalue weighted by Gasteiger charge is -2.27. The number of ether oxygens (including phenoxy) is 2. The zero-order chi connectivity index (χ0) is 14.5. The third kappa shape index (κ3) is 14.1. The van der Waals surface area contributed by atoms with Gasteiger partial charge in [0.05, 0.1) is 13.2 Å². The maximum absolute atomic E-state index is 5.24. The van der Waals surface area contributed by atoms with E-state index in [9.17, 15) is 0 Å². The molecule has 1 fully saturated rings. The Kier molecular flexibility index (Phi) is 12.7. The lowest BCUT2D eigenvalue weighted by Crippen LogP contribution is -2.38. The van der Waals surface area contributed by atoms with E-state index in [4.69, 9.17) is 9.47 Å². The van der Waals surface area contributed by atoms with Gasteiger partial charge in [-0.2, -0.15) is 0 Å². The number of morpholine rings is 1. The molecule has 1 aliphatic heterocycles. The normalized spacial score (nSPS) is 16.6. The molecule has 1 heterocycles. The maximum atomic E-state index is 5.24. The second-order valence-corrected chi connectivity index (χ2v) is 5.76. The van der Waals surface area contributed by atoms with E-state index in [-0.39, 0.29) is 0 Å². The van der Waals surface area contributed by atoms with E-state index in [0.29, 0.717) is 6.04 Å². The topological polar surface area (TPSA) is 33.7 Å². The maximum Gasteiger partial charge on any atom is 0.0594 e. The second-order valence-electron chi connectivity index (χ2n) is 5.76. The minimum absolute atomic E-state index is 0.599. The molecule has 1 aliphatic rings. The molecule has 0 aromatic rings. The van der Waals surface area contributed by atoms with Gasteiger partial charge in [-0.05, 0) is 18.9 Å².